The zero-order chi connectivity index (χ0) is 7.84. The second-order valence-corrected chi connectivity index (χ2v) is 3.03. The molecule has 0 amide bonds. The molecule has 56 valence electrons. The van der Waals surface area contributed by atoms with Gasteiger partial charge in [-0.15, -0.1) is 0 Å². The number of hydrogen-bond donors (Lipinski definition) is 2. The van der Waals surface area contributed by atoms with Crippen LogP contribution >= 0.6 is 15.9 Å². The summed E-state index contributed by atoms with van der Waals surface area (Å²) in [6, 6.07) is 5.04. The van der Waals surface area contributed by atoms with Gasteiger partial charge in [0.2, 0.25) is 0 Å². The van der Waals surface area contributed by atoms with E-state index in [9.17, 15) is 0 Å². The number of phenolic OH excluding ortho intramolecular Hbond substituents is 1. The predicted octanol–water partition coefficient (Wildman–Crippen LogP) is 2.03. The summed E-state index contributed by atoms with van der Waals surface area (Å²) in [4.78, 5) is 0. The fraction of sp³-hybridized carbons (Fsp3) is 0. The van der Waals surface area contributed by atoms with Gasteiger partial charge in [-0.05, 0) is 28.1 Å². The third-order valence-electron chi connectivity index (χ3n) is 1.49. The fourth-order valence-corrected chi connectivity index (χ4v) is 1.39. The lowest BCUT2D eigenvalue weighted by Crippen LogP contribution is -1.67. The number of hydrogen-bond acceptors (Lipinski definition) is 2. The van der Waals surface area contributed by atoms with Crippen LogP contribution < -0.4 is 0 Å². The third-order valence-corrected chi connectivity index (χ3v) is 2.10. The Morgan fingerprint density at radius 1 is 1.45 bits per heavy atom. The number of aromatic amines is 1. The van der Waals surface area contributed by atoms with Gasteiger partial charge in [0.25, 0.3) is 0 Å². The van der Waals surface area contributed by atoms with E-state index in [1.807, 2.05) is 0 Å². The second kappa shape index (κ2) is 2.23. The molecule has 0 fully saturated rings. The van der Waals surface area contributed by atoms with Gasteiger partial charge in [0.15, 0.2) is 0 Å². The van der Waals surface area contributed by atoms with Gasteiger partial charge in [0.05, 0.1) is 5.52 Å². The highest BCUT2D eigenvalue weighted by molar-refractivity contribution is 9.10. The Labute approximate surface area is 71.2 Å². The lowest BCUT2D eigenvalue weighted by molar-refractivity contribution is 0.476. The molecular weight excluding hydrogens is 208 g/mol. The minimum atomic E-state index is 0.233. The molecule has 0 aliphatic carbocycles. The van der Waals surface area contributed by atoms with Crippen molar-refractivity contribution in [3.63, 3.8) is 0 Å². The Bertz CT molecular complexity index is 396. The largest absolute Gasteiger partial charge is 0.508 e. The Morgan fingerprint density at radius 2 is 2.27 bits per heavy atom. The van der Waals surface area contributed by atoms with Gasteiger partial charge in [0.1, 0.15) is 10.4 Å². The van der Waals surface area contributed by atoms with Gasteiger partial charge < -0.3 is 5.11 Å². The smallest absolute Gasteiger partial charge is 0.117 e. The van der Waals surface area contributed by atoms with Crippen LogP contribution in [0.25, 0.3) is 10.9 Å². The van der Waals surface area contributed by atoms with Crippen LogP contribution in [0.3, 0.4) is 0 Å². The van der Waals surface area contributed by atoms with E-state index in [1.54, 1.807) is 18.2 Å². The molecule has 4 heteroatoms. The van der Waals surface area contributed by atoms with Crippen LogP contribution in [0, 0.1) is 0 Å². The van der Waals surface area contributed by atoms with Crippen LogP contribution in [0.2, 0.25) is 0 Å². The molecule has 0 unspecified atom stereocenters. The van der Waals surface area contributed by atoms with Gasteiger partial charge in [-0.2, -0.15) is 5.10 Å². The molecule has 0 aliphatic rings. The van der Waals surface area contributed by atoms with Crippen molar-refractivity contribution in [3.05, 3.63) is 22.8 Å². The fourth-order valence-electron chi connectivity index (χ4n) is 0.968. The van der Waals surface area contributed by atoms with Crippen LogP contribution in [0.15, 0.2) is 22.8 Å². The third kappa shape index (κ3) is 0.991. The van der Waals surface area contributed by atoms with E-state index >= 15 is 0 Å². The van der Waals surface area contributed by atoms with Gasteiger partial charge in [-0.1, -0.05) is 0 Å². The predicted molar refractivity (Wildman–Crippen MR) is 45.5 cm³/mol. The highest BCUT2D eigenvalue weighted by atomic mass is 79.9. The Hall–Kier alpha value is -1.03. The molecule has 2 N–H and O–H groups in total. The molecule has 2 rings (SSSR count). The second-order valence-electron chi connectivity index (χ2n) is 2.24. The van der Waals surface area contributed by atoms with Crippen molar-refractivity contribution in [2.24, 2.45) is 0 Å². The lowest BCUT2D eigenvalue weighted by Gasteiger charge is -1.89. The van der Waals surface area contributed by atoms with E-state index in [-0.39, 0.29) is 5.75 Å². The van der Waals surface area contributed by atoms with Gasteiger partial charge >= 0.3 is 0 Å². The molecule has 0 saturated heterocycles. The highest BCUT2D eigenvalue weighted by Gasteiger charge is 2.01. The van der Waals surface area contributed by atoms with Gasteiger partial charge in [-0.3, -0.25) is 5.10 Å². The first-order valence-corrected chi connectivity index (χ1v) is 3.89. The first kappa shape index (κ1) is 6.67. The van der Waals surface area contributed by atoms with E-state index in [2.05, 4.69) is 26.1 Å². The van der Waals surface area contributed by atoms with E-state index < -0.39 is 0 Å². The van der Waals surface area contributed by atoms with Crippen molar-refractivity contribution < 1.29 is 5.11 Å². The first-order valence-electron chi connectivity index (χ1n) is 3.10. The van der Waals surface area contributed by atoms with Crippen LogP contribution in [0.4, 0.5) is 0 Å². The Balaban J connectivity index is 2.86. The molecule has 1 aromatic heterocycles. The first-order chi connectivity index (χ1) is 5.27. The number of nitrogens with one attached hydrogen (secondary N) is 1. The van der Waals surface area contributed by atoms with E-state index in [1.165, 1.54) is 0 Å². The molecule has 1 aromatic carbocycles. The van der Waals surface area contributed by atoms with Crippen molar-refractivity contribution in [1.29, 1.82) is 0 Å². The molecule has 0 atom stereocenters. The summed E-state index contributed by atoms with van der Waals surface area (Å²) >= 11 is 3.29. The molecular formula is C7H5BrN2O. The van der Waals surface area contributed by atoms with Crippen LogP contribution in [-0.4, -0.2) is 15.3 Å². The molecule has 0 aliphatic heterocycles. The van der Waals surface area contributed by atoms with Crippen molar-refractivity contribution in [2.45, 2.75) is 0 Å². The van der Waals surface area contributed by atoms with Crippen molar-refractivity contribution in [1.82, 2.24) is 10.2 Å². The topological polar surface area (TPSA) is 48.9 Å². The maximum Gasteiger partial charge on any atom is 0.117 e. The zero-order valence-electron chi connectivity index (χ0n) is 5.50. The summed E-state index contributed by atoms with van der Waals surface area (Å²) in [6.07, 6.45) is 0. The molecule has 3 nitrogen and oxygen atoms in total. The van der Waals surface area contributed by atoms with Crippen molar-refractivity contribution >= 4 is 26.8 Å². The van der Waals surface area contributed by atoms with Crippen LogP contribution in [0.1, 0.15) is 0 Å². The summed E-state index contributed by atoms with van der Waals surface area (Å²) in [7, 11) is 0. The number of benzene rings is 1. The summed E-state index contributed by atoms with van der Waals surface area (Å²) in [5.74, 6) is 0.233. The minimum absolute atomic E-state index is 0.233. The highest BCUT2D eigenvalue weighted by Crippen LogP contribution is 2.23. The number of H-pyrrole nitrogens is 1. The van der Waals surface area contributed by atoms with E-state index in [4.69, 9.17) is 5.11 Å². The monoisotopic (exact) mass is 212 g/mol. The average molecular weight is 213 g/mol. The lowest BCUT2D eigenvalue weighted by atomic mass is 10.2. The number of aromatic hydroxyl groups is 1. The number of phenols is 1. The number of rotatable bonds is 0. The summed E-state index contributed by atoms with van der Waals surface area (Å²) in [5.41, 5.74) is 0.761. The normalized spacial score (nSPS) is 10.6. The Kier molecular flexibility index (Phi) is 1.35. The standard InChI is InChI=1S/C7H5BrN2O/c8-7-5-2-1-4(11)3-6(5)9-10-7/h1-3,11H,(H,9,10). The molecule has 0 saturated carbocycles. The minimum Gasteiger partial charge on any atom is -0.508 e. The maximum atomic E-state index is 9.07. The maximum absolute atomic E-state index is 9.07. The Morgan fingerprint density at radius 3 is 3.09 bits per heavy atom. The number of fused-ring (bicyclic) bond motifs is 1. The molecule has 1 heterocycles. The van der Waals surface area contributed by atoms with Crippen LogP contribution in [0.5, 0.6) is 5.75 Å². The zero-order valence-corrected chi connectivity index (χ0v) is 7.09. The van der Waals surface area contributed by atoms with Crippen LogP contribution in [-0.2, 0) is 0 Å². The summed E-state index contributed by atoms with van der Waals surface area (Å²) in [6.45, 7) is 0. The SMILES string of the molecule is Oc1ccc2c(Br)[nH]nc2c1. The number of nitrogens with zero attached hydrogens (tertiary/aromatic N) is 1. The number of halogens is 1. The average Bonchev–Trinajstić information content (AvgIpc) is 2.32. The molecule has 2 aromatic rings. The van der Waals surface area contributed by atoms with Gasteiger partial charge in [0, 0.05) is 11.5 Å². The molecule has 0 spiro atoms. The van der Waals surface area contributed by atoms with Gasteiger partial charge in [-0.25, -0.2) is 0 Å². The summed E-state index contributed by atoms with van der Waals surface area (Å²) < 4.78 is 0.840. The molecule has 11 heavy (non-hydrogen) atoms. The van der Waals surface area contributed by atoms with Crippen molar-refractivity contribution in [2.75, 3.05) is 0 Å². The van der Waals surface area contributed by atoms with E-state index in [0.29, 0.717) is 0 Å². The summed E-state index contributed by atoms with van der Waals surface area (Å²) in [5, 5.41) is 16.8. The molecule has 0 bridgehead atoms. The number of aromatic nitrogens is 2. The molecule has 0 radical (unpaired) electrons. The van der Waals surface area contributed by atoms with E-state index in [0.717, 1.165) is 15.5 Å². The van der Waals surface area contributed by atoms with Crippen molar-refractivity contribution in [3.8, 4) is 5.75 Å². The quantitative estimate of drug-likeness (QED) is 0.703.